The number of nitrogens with one attached hydrogen (secondary N) is 2. The van der Waals surface area contributed by atoms with Gasteiger partial charge in [0.15, 0.2) is 5.69 Å². The Labute approximate surface area is 93.5 Å². The van der Waals surface area contributed by atoms with Gasteiger partial charge < -0.3 is 21.3 Å². The van der Waals surface area contributed by atoms with Crippen molar-refractivity contribution < 1.29 is 9.53 Å². The van der Waals surface area contributed by atoms with E-state index in [1.54, 1.807) is 19.1 Å². The lowest BCUT2D eigenvalue weighted by atomic mass is 10.2. The fourth-order valence-corrected chi connectivity index (χ4v) is 0.828. The lowest BCUT2D eigenvalue weighted by Gasteiger charge is -2.02. The van der Waals surface area contributed by atoms with Crippen molar-refractivity contribution in [1.82, 2.24) is 4.98 Å². The van der Waals surface area contributed by atoms with Crippen LogP contribution in [0.3, 0.4) is 0 Å². The molecule has 86 valence electrons. The van der Waals surface area contributed by atoms with Gasteiger partial charge in [-0.25, -0.2) is 9.78 Å². The maximum Gasteiger partial charge on any atom is 0.358 e. The average molecular weight is 222 g/mol. The third kappa shape index (κ3) is 4.32. The van der Waals surface area contributed by atoms with Crippen LogP contribution in [0.4, 0.5) is 5.69 Å². The van der Waals surface area contributed by atoms with Gasteiger partial charge in [0, 0.05) is 18.1 Å². The number of hydrogen-bond donors (Lipinski definition) is 3. The number of hydrogen-bond acceptors (Lipinski definition) is 6. The second-order valence-electron chi connectivity index (χ2n) is 2.72. The van der Waals surface area contributed by atoms with Crippen molar-refractivity contribution in [1.29, 1.82) is 10.8 Å². The predicted octanol–water partition coefficient (Wildman–Crippen LogP) is 1.04. The molecule has 1 aromatic heterocycles. The monoisotopic (exact) mass is 222 g/mol. The van der Waals surface area contributed by atoms with E-state index in [1.807, 2.05) is 0 Å². The first kappa shape index (κ1) is 13.8. The number of carbonyl (C=O) groups excluding carboxylic acids is 1. The van der Waals surface area contributed by atoms with E-state index in [0.29, 0.717) is 5.69 Å². The fourth-order valence-electron chi connectivity index (χ4n) is 0.828. The molecule has 0 aliphatic carbocycles. The molecule has 1 rings (SSSR count). The van der Waals surface area contributed by atoms with Crippen LogP contribution in [0.25, 0.3) is 0 Å². The molecule has 1 aromatic rings. The normalized spacial score (nSPS) is 8.38. The average Bonchev–Trinajstić information content (AvgIpc) is 2.31. The van der Waals surface area contributed by atoms with Crippen LogP contribution in [0.15, 0.2) is 12.1 Å². The predicted molar refractivity (Wildman–Crippen MR) is 62.3 cm³/mol. The minimum atomic E-state index is -0.504. The molecule has 0 radical (unpaired) electrons. The van der Waals surface area contributed by atoms with E-state index in [4.69, 9.17) is 16.6 Å². The van der Waals surface area contributed by atoms with Crippen LogP contribution in [-0.4, -0.2) is 30.5 Å². The quantitative estimate of drug-likeness (QED) is 0.512. The van der Waals surface area contributed by atoms with Crippen LogP contribution in [-0.2, 0) is 4.74 Å². The Morgan fingerprint density at radius 3 is 2.44 bits per heavy atom. The molecule has 0 fully saturated rings. The minimum Gasteiger partial charge on any atom is -0.464 e. The molecule has 0 aromatic carbocycles. The summed E-state index contributed by atoms with van der Waals surface area (Å²) in [5, 5.41) is 12.2. The lowest BCUT2D eigenvalue weighted by Crippen LogP contribution is -2.08. The molecule has 16 heavy (non-hydrogen) atoms. The van der Waals surface area contributed by atoms with Crippen molar-refractivity contribution in [3.8, 4) is 0 Å². The van der Waals surface area contributed by atoms with Crippen molar-refractivity contribution >= 4 is 24.1 Å². The van der Waals surface area contributed by atoms with E-state index < -0.39 is 5.97 Å². The SMILES string of the molecule is COC(=O)c1nc(C)ccc1N.N=CC=N. The largest absolute Gasteiger partial charge is 0.464 e. The van der Waals surface area contributed by atoms with E-state index >= 15 is 0 Å². The van der Waals surface area contributed by atoms with Crippen LogP contribution in [0, 0.1) is 17.7 Å². The van der Waals surface area contributed by atoms with Gasteiger partial charge in [0.1, 0.15) is 0 Å². The second-order valence-corrected chi connectivity index (χ2v) is 2.72. The molecule has 0 unspecified atom stereocenters. The number of rotatable bonds is 2. The zero-order valence-corrected chi connectivity index (χ0v) is 9.15. The Balaban J connectivity index is 0.000000487. The molecule has 0 saturated heterocycles. The Bertz CT molecular complexity index is 384. The van der Waals surface area contributed by atoms with Crippen molar-refractivity contribution in [3.05, 3.63) is 23.5 Å². The zero-order valence-electron chi connectivity index (χ0n) is 9.15. The maximum absolute atomic E-state index is 11.0. The Morgan fingerprint density at radius 1 is 1.44 bits per heavy atom. The first-order valence-electron chi connectivity index (χ1n) is 4.37. The topological polar surface area (TPSA) is 113 Å². The van der Waals surface area contributed by atoms with Crippen molar-refractivity contribution in [2.24, 2.45) is 0 Å². The summed E-state index contributed by atoms with van der Waals surface area (Å²) in [5.74, 6) is -0.504. The standard InChI is InChI=1S/C8H10N2O2.C2H4N2/c1-5-3-4-6(9)7(10-5)8(11)12-2;3-1-2-4/h3-4H,9H2,1-2H3;1-4H. The highest BCUT2D eigenvalue weighted by atomic mass is 16.5. The smallest absolute Gasteiger partial charge is 0.358 e. The third-order valence-electron chi connectivity index (χ3n) is 1.53. The first-order chi connectivity index (χ1) is 7.56. The van der Waals surface area contributed by atoms with Gasteiger partial charge in [-0.3, -0.25) is 0 Å². The van der Waals surface area contributed by atoms with Crippen molar-refractivity contribution in [2.45, 2.75) is 6.92 Å². The van der Waals surface area contributed by atoms with E-state index in [-0.39, 0.29) is 5.69 Å². The number of anilines is 1. The van der Waals surface area contributed by atoms with Gasteiger partial charge >= 0.3 is 5.97 Å². The summed E-state index contributed by atoms with van der Waals surface area (Å²) in [7, 11) is 1.30. The second kappa shape index (κ2) is 7.10. The molecule has 0 spiro atoms. The first-order valence-corrected chi connectivity index (χ1v) is 4.37. The number of carbonyl (C=O) groups is 1. The number of nitrogens with two attached hydrogens (primary N) is 1. The molecular weight excluding hydrogens is 208 g/mol. The summed E-state index contributed by atoms with van der Waals surface area (Å²) >= 11 is 0. The molecule has 6 nitrogen and oxygen atoms in total. The number of aromatic nitrogens is 1. The molecule has 0 saturated carbocycles. The molecule has 0 aliphatic heterocycles. The van der Waals surface area contributed by atoms with Crippen molar-refractivity contribution in [2.75, 3.05) is 12.8 Å². The van der Waals surface area contributed by atoms with Crippen LogP contribution >= 0.6 is 0 Å². The molecule has 0 atom stereocenters. The van der Waals surface area contributed by atoms with E-state index in [2.05, 4.69) is 9.72 Å². The van der Waals surface area contributed by atoms with E-state index in [9.17, 15) is 4.79 Å². The number of nitrogen functional groups attached to an aromatic ring is 1. The van der Waals surface area contributed by atoms with Gasteiger partial charge in [0.25, 0.3) is 0 Å². The highest BCUT2D eigenvalue weighted by molar-refractivity contribution is 6.12. The molecule has 0 amide bonds. The van der Waals surface area contributed by atoms with Gasteiger partial charge in [-0.05, 0) is 19.1 Å². The summed E-state index contributed by atoms with van der Waals surface area (Å²) < 4.78 is 4.49. The summed E-state index contributed by atoms with van der Waals surface area (Å²) in [6.07, 6.45) is 1.83. The van der Waals surface area contributed by atoms with Crippen LogP contribution in [0.5, 0.6) is 0 Å². The number of esters is 1. The van der Waals surface area contributed by atoms with E-state index in [0.717, 1.165) is 18.1 Å². The van der Waals surface area contributed by atoms with Crippen molar-refractivity contribution in [3.63, 3.8) is 0 Å². The molecule has 0 aliphatic rings. The van der Waals surface area contributed by atoms with Gasteiger partial charge in [-0.2, -0.15) is 0 Å². The molecule has 4 N–H and O–H groups in total. The summed E-state index contributed by atoms with van der Waals surface area (Å²) in [6.45, 7) is 1.78. The number of ether oxygens (including phenoxy) is 1. The number of methoxy groups -OCH3 is 1. The zero-order chi connectivity index (χ0) is 12.6. The molecular formula is C10H14N4O2. The van der Waals surface area contributed by atoms with Gasteiger partial charge in [-0.15, -0.1) is 0 Å². The number of nitrogens with zero attached hydrogens (tertiary/aromatic N) is 1. The van der Waals surface area contributed by atoms with Gasteiger partial charge in [0.05, 0.1) is 12.8 Å². The molecule has 1 heterocycles. The lowest BCUT2D eigenvalue weighted by molar-refractivity contribution is 0.0595. The third-order valence-corrected chi connectivity index (χ3v) is 1.53. The molecule has 6 heteroatoms. The van der Waals surface area contributed by atoms with Crippen LogP contribution in [0.1, 0.15) is 16.2 Å². The number of aryl methyl sites for hydroxylation is 1. The maximum atomic E-state index is 11.0. The minimum absolute atomic E-state index is 0.178. The van der Waals surface area contributed by atoms with Gasteiger partial charge in [0.2, 0.25) is 0 Å². The fraction of sp³-hybridized carbons (Fsp3) is 0.200. The Morgan fingerprint density at radius 2 is 2.00 bits per heavy atom. The summed E-state index contributed by atoms with van der Waals surface area (Å²) in [4.78, 5) is 15.0. The number of pyridine rings is 1. The summed E-state index contributed by atoms with van der Waals surface area (Å²) in [5.41, 5.74) is 6.76. The Hall–Kier alpha value is -2.24. The highest BCUT2D eigenvalue weighted by Gasteiger charge is 2.10. The van der Waals surface area contributed by atoms with Crippen LogP contribution < -0.4 is 5.73 Å². The van der Waals surface area contributed by atoms with Gasteiger partial charge in [-0.1, -0.05) is 0 Å². The highest BCUT2D eigenvalue weighted by Crippen LogP contribution is 2.09. The van der Waals surface area contributed by atoms with Crippen LogP contribution in [0.2, 0.25) is 0 Å². The molecule has 0 bridgehead atoms. The van der Waals surface area contributed by atoms with E-state index in [1.165, 1.54) is 7.11 Å². The summed E-state index contributed by atoms with van der Waals surface area (Å²) in [6, 6.07) is 3.37. The Kier molecular flexibility index (Phi) is 6.11.